The Morgan fingerprint density at radius 1 is 1.57 bits per heavy atom. The topological polar surface area (TPSA) is 57.4 Å². The van der Waals surface area contributed by atoms with E-state index in [1.807, 2.05) is 6.07 Å². The maximum atomic E-state index is 11.8. The van der Waals surface area contributed by atoms with E-state index in [-0.39, 0.29) is 11.9 Å². The van der Waals surface area contributed by atoms with E-state index in [2.05, 4.69) is 36.1 Å². The van der Waals surface area contributed by atoms with E-state index in [0.717, 1.165) is 24.5 Å². The second-order valence-corrected chi connectivity index (χ2v) is 6.18. The monoisotopic (exact) mass is 293 g/mol. The van der Waals surface area contributed by atoms with Gasteiger partial charge in [0, 0.05) is 30.5 Å². The Bertz CT molecular complexity index is 482. The van der Waals surface area contributed by atoms with Crippen molar-refractivity contribution in [3.8, 4) is 0 Å². The van der Waals surface area contributed by atoms with Crippen molar-refractivity contribution in [2.45, 2.75) is 45.2 Å². The molecule has 0 aliphatic carbocycles. The molecule has 1 fully saturated rings. The summed E-state index contributed by atoms with van der Waals surface area (Å²) in [6.45, 7) is 7.08. The van der Waals surface area contributed by atoms with E-state index < -0.39 is 0 Å². The van der Waals surface area contributed by atoms with Gasteiger partial charge >= 0.3 is 5.97 Å². The lowest BCUT2D eigenvalue weighted by atomic mass is 10.1. The lowest BCUT2D eigenvalue weighted by molar-refractivity contribution is 0.0599. The number of hydrogen-bond donors (Lipinski definition) is 2. The first-order chi connectivity index (χ1) is 10.0. The molecule has 118 valence electrons. The average Bonchev–Trinajstić information content (AvgIpc) is 3.05. The number of aromatic nitrogens is 1. The smallest absolute Gasteiger partial charge is 0.339 e. The molecule has 21 heavy (non-hydrogen) atoms. The van der Waals surface area contributed by atoms with Crippen LogP contribution in [-0.2, 0) is 11.3 Å². The van der Waals surface area contributed by atoms with Crippen LogP contribution in [0.2, 0.25) is 0 Å². The van der Waals surface area contributed by atoms with Crippen LogP contribution < -0.4 is 5.32 Å². The predicted octanol–water partition coefficient (Wildman–Crippen LogP) is 2.11. The second kappa shape index (κ2) is 7.09. The van der Waals surface area contributed by atoms with E-state index in [9.17, 15) is 4.79 Å². The Balaban J connectivity index is 1.95. The number of rotatable bonds is 6. The molecule has 1 aliphatic rings. The van der Waals surface area contributed by atoms with Crippen LogP contribution in [0.1, 0.15) is 54.4 Å². The van der Waals surface area contributed by atoms with Crippen LogP contribution in [0.15, 0.2) is 6.07 Å². The minimum Gasteiger partial charge on any atom is -0.465 e. The molecule has 2 N–H and O–H groups in total. The number of esters is 1. The molecule has 0 saturated carbocycles. The van der Waals surface area contributed by atoms with Crippen LogP contribution in [0.3, 0.4) is 0 Å². The van der Waals surface area contributed by atoms with Gasteiger partial charge in [0.2, 0.25) is 0 Å². The van der Waals surface area contributed by atoms with Crippen molar-refractivity contribution in [3.05, 3.63) is 23.0 Å². The van der Waals surface area contributed by atoms with E-state index in [1.54, 1.807) is 0 Å². The van der Waals surface area contributed by atoms with Gasteiger partial charge < -0.3 is 19.9 Å². The van der Waals surface area contributed by atoms with E-state index >= 15 is 0 Å². The Hall–Kier alpha value is -1.33. The first-order valence-corrected chi connectivity index (χ1v) is 7.74. The van der Waals surface area contributed by atoms with Gasteiger partial charge in [0.15, 0.2) is 0 Å². The number of aromatic amines is 1. The Labute approximate surface area is 127 Å². The van der Waals surface area contributed by atoms with Crippen LogP contribution in [0.4, 0.5) is 0 Å². The minimum atomic E-state index is -0.267. The van der Waals surface area contributed by atoms with Crippen molar-refractivity contribution >= 4 is 5.97 Å². The molecular weight excluding hydrogens is 266 g/mol. The summed E-state index contributed by atoms with van der Waals surface area (Å²) in [5, 5.41) is 3.49. The zero-order chi connectivity index (χ0) is 15.4. The molecule has 1 unspecified atom stereocenters. The Morgan fingerprint density at radius 2 is 2.33 bits per heavy atom. The highest BCUT2D eigenvalue weighted by molar-refractivity contribution is 5.91. The summed E-state index contributed by atoms with van der Waals surface area (Å²) in [6.07, 6.45) is 2.55. The average molecular weight is 293 g/mol. The van der Waals surface area contributed by atoms with Crippen molar-refractivity contribution in [1.29, 1.82) is 0 Å². The van der Waals surface area contributed by atoms with Crippen molar-refractivity contribution in [3.63, 3.8) is 0 Å². The fourth-order valence-corrected chi connectivity index (χ4v) is 2.97. The quantitative estimate of drug-likeness (QED) is 0.789. The first-order valence-electron chi connectivity index (χ1n) is 7.74. The Morgan fingerprint density at radius 3 is 2.90 bits per heavy atom. The van der Waals surface area contributed by atoms with Gasteiger partial charge in [0.1, 0.15) is 0 Å². The molecule has 1 atom stereocenters. The highest BCUT2D eigenvalue weighted by Crippen LogP contribution is 2.21. The number of carbonyl (C=O) groups is 1. The number of carbonyl (C=O) groups excluding carboxylic acids is 1. The summed E-state index contributed by atoms with van der Waals surface area (Å²) in [5.41, 5.74) is 2.65. The normalized spacial score (nSPS) is 19.4. The summed E-state index contributed by atoms with van der Waals surface area (Å²) in [7, 11) is 3.60. The van der Waals surface area contributed by atoms with E-state index in [4.69, 9.17) is 4.74 Å². The van der Waals surface area contributed by atoms with Gasteiger partial charge in [-0.3, -0.25) is 0 Å². The number of methoxy groups -OCH3 is 1. The lowest BCUT2D eigenvalue weighted by Crippen LogP contribution is -2.35. The van der Waals surface area contributed by atoms with Gasteiger partial charge in [-0.2, -0.15) is 0 Å². The molecule has 2 rings (SSSR count). The summed E-state index contributed by atoms with van der Waals surface area (Å²) in [4.78, 5) is 17.6. The van der Waals surface area contributed by atoms with Gasteiger partial charge in [0.25, 0.3) is 0 Å². The minimum absolute atomic E-state index is 0.267. The zero-order valence-corrected chi connectivity index (χ0v) is 13.5. The van der Waals surface area contributed by atoms with E-state index in [1.165, 1.54) is 26.5 Å². The number of hydrogen-bond acceptors (Lipinski definition) is 4. The van der Waals surface area contributed by atoms with Gasteiger partial charge in [0.05, 0.1) is 12.7 Å². The molecule has 1 aromatic heterocycles. The molecule has 0 aromatic carbocycles. The number of nitrogens with one attached hydrogen (secondary N) is 2. The van der Waals surface area contributed by atoms with Gasteiger partial charge in [-0.1, -0.05) is 13.8 Å². The third-order valence-corrected chi connectivity index (χ3v) is 4.25. The standard InChI is InChI=1S/C16H27N3O2/c1-11(2)15-14(16(20)21-4)8-12(18-15)9-17-10-13-6-5-7-19(13)3/h8,11,13,17-18H,5-7,9-10H2,1-4H3. The molecule has 1 aliphatic heterocycles. The van der Waals surface area contributed by atoms with Gasteiger partial charge in [-0.15, -0.1) is 0 Å². The van der Waals surface area contributed by atoms with Crippen LogP contribution >= 0.6 is 0 Å². The van der Waals surface area contributed by atoms with Crippen molar-refractivity contribution in [2.24, 2.45) is 0 Å². The van der Waals surface area contributed by atoms with Crippen LogP contribution in [-0.4, -0.2) is 49.1 Å². The summed E-state index contributed by atoms with van der Waals surface area (Å²) < 4.78 is 4.85. The molecule has 0 spiro atoms. The van der Waals surface area contributed by atoms with Crippen LogP contribution in [0, 0.1) is 0 Å². The molecular formula is C16H27N3O2. The molecule has 0 amide bonds. The van der Waals surface area contributed by atoms with E-state index in [0.29, 0.717) is 11.6 Å². The molecule has 5 nitrogen and oxygen atoms in total. The zero-order valence-electron chi connectivity index (χ0n) is 13.5. The maximum Gasteiger partial charge on any atom is 0.339 e. The molecule has 1 saturated heterocycles. The summed E-state index contributed by atoms with van der Waals surface area (Å²) in [6, 6.07) is 2.54. The van der Waals surface area contributed by atoms with Gasteiger partial charge in [-0.25, -0.2) is 4.79 Å². The summed E-state index contributed by atoms with van der Waals surface area (Å²) >= 11 is 0. The molecule has 1 aromatic rings. The highest BCUT2D eigenvalue weighted by atomic mass is 16.5. The largest absolute Gasteiger partial charge is 0.465 e. The fourth-order valence-electron chi connectivity index (χ4n) is 2.97. The lowest BCUT2D eigenvalue weighted by Gasteiger charge is -2.19. The maximum absolute atomic E-state index is 11.8. The molecule has 0 bridgehead atoms. The van der Waals surface area contributed by atoms with Crippen molar-refractivity contribution in [1.82, 2.24) is 15.2 Å². The summed E-state index contributed by atoms with van der Waals surface area (Å²) in [5.74, 6) is 0.00513. The molecule has 5 heteroatoms. The number of H-pyrrole nitrogens is 1. The van der Waals surface area contributed by atoms with Gasteiger partial charge in [-0.05, 0) is 38.4 Å². The van der Waals surface area contributed by atoms with Crippen LogP contribution in [0.5, 0.6) is 0 Å². The highest BCUT2D eigenvalue weighted by Gasteiger charge is 2.21. The molecule has 0 radical (unpaired) electrons. The molecule has 2 heterocycles. The number of likely N-dealkylation sites (tertiary alicyclic amines) is 1. The van der Waals surface area contributed by atoms with Crippen LogP contribution in [0.25, 0.3) is 0 Å². The fraction of sp³-hybridized carbons (Fsp3) is 0.688. The van der Waals surface area contributed by atoms with Crippen molar-refractivity contribution in [2.75, 3.05) is 27.2 Å². The number of nitrogens with zero attached hydrogens (tertiary/aromatic N) is 1. The Kier molecular flexibility index (Phi) is 5.42. The third-order valence-electron chi connectivity index (χ3n) is 4.25. The second-order valence-electron chi connectivity index (χ2n) is 6.18. The SMILES string of the molecule is COC(=O)c1cc(CNCC2CCCN2C)[nH]c1C(C)C. The first kappa shape index (κ1) is 16.0. The van der Waals surface area contributed by atoms with Crippen molar-refractivity contribution < 1.29 is 9.53 Å². The predicted molar refractivity (Wildman–Crippen MR) is 83.6 cm³/mol. The third kappa shape index (κ3) is 3.86. The number of ether oxygens (including phenoxy) is 1. The number of likely N-dealkylation sites (N-methyl/N-ethyl adjacent to an activating group) is 1.